The normalized spacial score (nSPS) is 13.0. The van der Waals surface area contributed by atoms with E-state index in [1.165, 1.54) is 12.1 Å². The van der Waals surface area contributed by atoms with Crippen LogP contribution in [0.2, 0.25) is 0 Å². The Morgan fingerprint density at radius 3 is 2.61 bits per heavy atom. The molecule has 1 aromatic carbocycles. The quantitative estimate of drug-likeness (QED) is 0.865. The Morgan fingerprint density at radius 1 is 1.30 bits per heavy atom. The smallest absolute Gasteiger partial charge is 0.251 e. The maximum absolute atomic E-state index is 12.3. The molecule has 0 fully saturated rings. The number of carbonyl (C=O) groups is 1. The van der Waals surface area contributed by atoms with Crippen LogP contribution in [0.4, 0.5) is 0 Å². The van der Waals surface area contributed by atoms with Crippen LogP contribution in [0.3, 0.4) is 0 Å². The Hall–Kier alpha value is -1.70. The molecule has 0 bridgehead atoms. The summed E-state index contributed by atoms with van der Waals surface area (Å²) in [6, 6.07) is 8.18. The lowest BCUT2D eigenvalue weighted by Crippen LogP contribution is -2.34. The van der Waals surface area contributed by atoms with Gasteiger partial charge in [-0.1, -0.05) is 6.07 Å². The molecule has 1 N–H and O–H groups in total. The Labute approximate surface area is 140 Å². The molecule has 7 heteroatoms. The van der Waals surface area contributed by atoms with Crippen molar-refractivity contribution in [3.05, 3.63) is 52.2 Å². The third-order valence-electron chi connectivity index (χ3n) is 3.53. The van der Waals surface area contributed by atoms with Crippen molar-refractivity contribution in [2.75, 3.05) is 26.9 Å². The van der Waals surface area contributed by atoms with E-state index in [0.29, 0.717) is 12.1 Å². The number of likely N-dealkylation sites (N-methyl/N-ethyl adjacent to an activating group) is 1. The molecular weight excluding hydrogens is 332 g/mol. The van der Waals surface area contributed by atoms with Gasteiger partial charge in [-0.25, -0.2) is 8.42 Å². The number of rotatable bonds is 6. The number of thiophene rings is 1. The van der Waals surface area contributed by atoms with Gasteiger partial charge in [0.2, 0.25) is 0 Å². The highest BCUT2D eigenvalue weighted by atomic mass is 32.2. The molecule has 1 aromatic heterocycles. The maximum atomic E-state index is 12.3. The van der Waals surface area contributed by atoms with Crippen LogP contribution in [0.15, 0.2) is 46.0 Å². The summed E-state index contributed by atoms with van der Waals surface area (Å²) >= 11 is 1.61. The summed E-state index contributed by atoms with van der Waals surface area (Å²) < 4.78 is 23.2. The molecule has 0 saturated carbocycles. The first-order valence-corrected chi connectivity index (χ1v) is 9.89. The van der Waals surface area contributed by atoms with E-state index in [1.807, 2.05) is 30.4 Å². The average molecular weight is 352 g/mol. The third kappa shape index (κ3) is 4.63. The molecule has 1 atom stereocenters. The van der Waals surface area contributed by atoms with Crippen LogP contribution in [0.5, 0.6) is 0 Å². The highest BCUT2D eigenvalue weighted by Gasteiger charge is 2.17. The highest BCUT2D eigenvalue weighted by Crippen LogP contribution is 2.20. The van der Waals surface area contributed by atoms with Gasteiger partial charge in [-0.2, -0.15) is 11.3 Å². The Balaban J connectivity index is 2.10. The minimum absolute atomic E-state index is 0.0725. The molecule has 0 aliphatic rings. The van der Waals surface area contributed by atoms with Crippen LogP contribution in [-0.2, 0) is 9.84 Å². The zero-order valence-corrected chi connectivity index (χ0v) is 14.9. The first-order chi connectivity index (χ1) is 10.8. The average Bonchev–Trinajstić information content (AvgIpc) is 3.00. The van der Waals surface area contributed by atoms with Crippen LogP contribution in [0.25, 0.3) is 0 Å². The molecule has 0 spiro atoms. The van der Waals surface area contributed by atoms with E-state index in [2.05, 4.69) is 10.7 Å². The molecule has 0 saturated heterocycles. The van der Waals surface area contributed by atoms with Crippen molar-refractivity contribution in [3.63, 3.8) is 0 Å². The standard InChI is InChI=1S/C16H20N2O3S2/c1-18(2)15(13-7-8-22-11-13)10-17-16(19)12-5-4-6-14(9-12)23(3,20)21/h4-9,11,15H,10H2,1-3H3,(H,17,19)/t15-/m0/s1. The van der Waals surface area contributed by atoms with Crippen molar-refractivity contribution in [3.8, 4) is 0 Å². The maximum Gasteiger partial charge on any atom is 0.251 e. The summed E-state index contributed by atoms with van der Waals surface area (Å²) in [7, 11) is 0.588. The van der Waals surface area contributed by atoms with E-state index in [4.69, 9.17) is 0 Å². The van der Waals surface area contributed by atoms with Crippen LogP contribution in [0.1, 0.15) is 22.0 Å². The van der Waals surface area contributed by atoms with Gasteiger partial charge < -0.3 is 10.2 Å². The second kappa shape index (κ2) is 7.25. The van der Waals surface area contributed by atoms with Gasteiger partial charge >= 0.3 is 0 Å². The number of carbonyl (C=O) groups excluding carboxylic acids is 1. The lowest BCUT2D eigenvalue weighted by Gasteiger charge is -2.24. The first kappa shape index (κ1) is 17.7. The van der Waals surface area contributed by atoms with Gasteiger partial charge in [0, 0.05) is 18.4 Å². The van der Waals surface area contributed by atoms with Gasteiger partial charge in [-0.05, 0) is 54.7 Å². The van der Waals surface area contributed by atoms with Crippen molar-refractivity contribution in [2.45, 2.75) is 10.9 Å². The van der Waals surface area contributed by atoms with Crippen molar-refractivity contribution >= 4 is 27.1 Å². The van der Waals surface area contributed by atoms with E-state index in [1.54, 1.807) is 23.5 Å². The van der Waals surface area contributed by atoms with E-state index >= 15 is 0 Å². The lowest BCUT2D eigenvalue weighted by atomic mass is 10.1. The molecular formula is C16H20N2O3S2. The molecule has 2 rings (SSSR count). The van der Waals surface area contributed by atoms with Gasteiger partial charge in [-0.15, -0.1) is 0 Å². The summed E-state index contributed by atoms with van der Waals surface area (Å²) in [6.07, 6.45) is 1.13. The molecule has 0 aliphatic heterocycles. The summed E-state index contributed by atoms with van der Waals surface area (Å²) in [4.78, 5) is 14.5. The molecule has 1 heterocycles. The minimum Gasteiger partial charge on any atom is -0.350 e. The topological polar surface area (TPSA) is 66.5 Å². The predicted molar refractivity (Wildman–Crippen MR) is 92.6 cm³/mol. The Bertz CT molecular complexity index is 768. The summed E-state index contributed by atoms with van der Waals surface area (Å²) in [5.41, 5.74) is 1.49. The van der Waals surface area contributed by atoms with Crippen LogP contribution in [0, 0.1) is 0 Å². The number of sulfone groups is 1. The number of benzene rings is 1. The monoisotopic (exact) mass is 352 g/mol. The van der Waals surface area contributed by atoms with Crippen molar-refractivity contribution in [1.29, 1.82) is 0 Å². The van der Waals surface area contributed by atoms with Crippen molar-refractivity contribution in [1.82, 2.24) is 10.2 Å². The largest absolute Gasteiger partial charge is 0.350 e. The number of nitrogens with zero attached hydrogens (tertiary/aromatic N) is 1. The number of amides is 1. The van der Waals surface area contributed by atoms with Crippen LogP contribution < -0.4 is 5.32 Å². The molecule has 23 heavy (non-hydrogen) atoms. The summed E-state index contributed by atoms with van der Waals surface area (Å²) in [6.45, 7) is 0.450. The third-order valence-corrected chi connectivity index (χ3v) is 5.34. The van der Waals surface area contributed by atoms with Crippen molar-refractivity contribution in [2.24, 2.45) is 0 Å². The van der Waals surface area contributed by atoms with Gasteiger partial charge in [0.1, 0.15) is 0 Å². The molecule has 1 amide bonds. The van der Waals surface area contributed by atoms with Gasteiger partial charge in [0.25, 0.3) is 5.91 Å². The van der Waals surface area contributed by atoms with Gasteiger partial charge in [-0.3, -0.25) is 4.79 Å². The van der Waals surface area contributed by atoms with Crippen LogP contribution >= 0.6 is 11.3 Å². The summed E-state index contributed by atoms with van der Waals surface area (Å²) in [5.74, 6) is -0.280. The Kier molecular flexibility index (Phi) is 5.56. The predicted octanol–water partition coefficient (Wildman–Crippen LogP) is 2.18. The first-order valence-electron chi connectivity index (χ1n) is 7.06. The molecule has 0 unspecified atom stereocenters. The second-order valence-corrected chi connectivity index (χ2v) is 8.34. The fourth-order valence-electron chi connectivity index (χ4n) is 2.22. The molecule has 124 valence electrons. The SMILES string of the molecule is CN(C)[C@@H](CNC(=O)c1cccc(S(C)(=O)=O)c1)c1ccsc1. The van der Waals surface area contributed by atoms with Gasteiger partial charge in [0.05, 0.1) is 10.9 Å². The fraction of sp³-hybridized carbons (Fsp3) is 0.312. The number of hydrogen-bond donors (Lipinski definition) is 1. The van der Waals surface area contributed by atoms with E-state index < -0.39 is 9.84 Å². The molecule has 0 radical (unpaired) electrons. The number of hydrogen-bond acceptors (Lipinski definition) is 5. The zero-order chi connectivity index (χ0) is 17.0. The fourth-order valence-corrected chi connectivity index (χ4v) is 3.60. The minimum atomic E-state index is -3.33. The van der Waals surface area contributed by atoms with E-state index in [-0.39, 0.29) is 16.8 Å². The Morgan fingerprint density at radius 2 is 2.04 bits per heavy atom. The summed E-state index contributed by atoms with van der Waals surface area (Å²) in [5, 5.41) is 6.94. The number of nitrogens with one attached hydrogen (secondary N) is 1. The lowest BCUT2D eigenvalue weighted by molar-refractivity contribution is 0.0941. The zero-order valence-electron chi connectivity index (χ0n) is 13.3. The highest BCUT2D eigenvalue weighted by molar-refractivity contribution is 7.90. The van der Waals surface area contributed by atoms with E-state index in [9.17, 15) is 13.2 Å². The molecule has 0 aliphatic carbocycles. The van der Waals surface area contributed by atoms with Crippen molar-refractivity contribution < 1.29 is 13.2 Å². The van der Waals surface area contributed by atoms with Crippen LogP contribution in [-0.4, -0.2) is 46.1 Å². The van der Waals surface area contributed by atoms with Gasteiger partial charge in [0.15, 0.2) is 9.84 Å². The molecule has 2 aromatic rings. The van der Waals surface area contributed by atoms with E-state index in [0.717, 1.165) is 11.8 Å². The second-order valence-electron chi connectivity index (χ2n) is 5.55. The molecule has 5 nitrogen and oxygen atoms in total.